The lowest BCUT2D eigenvalue weighted by Gasteiger charge is -2.28. The summed E-state index contributed by atoms with van der Waals surface area (Å²) in [7, 11) is 0. The number of rotatable bonds is 7. The van der Waals surface area contributed by atoms with E-state index in [9.17, 15) is 4.79 Å². The molecule has 6 rings (SSSR count). The summed E-state index contributed by atoms with van der Waals surface area (Å²) in [5.41, 5.74) is 6.59. The smallest absolute Gasteiger partial charge is 0.260 e. The Hall–Kier alpha value is -3.65. The van der Waals surface area contributed by atoms with Gasteiger partial charge in [0.15, 0.2) is 5.13 Å². The van der Waals surface area contributed by atoms with Crippen LogP contribution in [0.5, 0.6) is 0 Å². The minimum atomic E-state index is -0.0406. The van der Waals surface area contributed by atoms with E-state index in [2.05, 4.69) is 30.9 Å². The number of hydrogen-bond acceptors (Lipinski definition) is 6. The van der Waals surface area contributed by atoms with Gasteiger partial charge < -0.3 is 4.74 Å². The number of pyridine rings is 1. The molecule has 6 nitrogen and oxygen atoms in total. The van der Waals surface area contributed by atoms with Crippen molar-refractivity contribution in [2.75, 3.05) is 44.3 Å². The Kier molecular flexibility index (Phi) is 7.37. The number of benzene rings is 3. The minimum Gasteiger partial charge on any atom is -0.379 e. The highest BCUT2D eigenvalue weighted by atomic mass is 32.1. The first-order valence-corrected chi connectivity index (χ1v) is 14.3. The molecule has 39 heavy (non-hydrogen) atoms. The first-order chi connectivity index (χ1) is 19.1. The van der Waals surface area contributed by atoms with E-state index in [1.165, 1.54) is 5.56 Å². The summed E-state index contributed by atoms with van der Waals surface area (Å²) < 4.78 is 6.62. The van der Waals surface area contributed by atoms with Crippen molar-refractivity contribution in [2.45, 2.75) is 20.3 Å². The second-order valence-electron chi connectivity index (χ2n) is 10.1. The minimum absolute atomic E-state index is 0.0406. The van der Waals surface area contributed by atoms with E-state index in [1.807, 2.05) is 65.6 Å². The van der Waals surface area contributed by atoms with Gasteiger partial charge >= 0.3 is 0 Å². The third-order valence-corrected chi connectivity index (χ3v) is 8.57. The summed E-state index contributed by atoms with van der Waals surface area (Å²) >= 11 is 1.59. The van der Waals surface area contributed by atoms with Crippen LogP contribution in [0.2, 0.25) is 0 Å². The molecular formula is C32H32N4O2S. The molecule has 198 valence electrons. The molecule has 1 saturated heterocycles. The van der Waals surface area contributed by atoms with Gasteiger partial charge in [0, 0.05) is 37.1 Å². The Morgan fingerprint density at radius 3 is 2.56 bits per heavy atom. The Labute approximate surface area is 232 Å². The summed E-state index contributed by atoms with van der Waals surface area (Å²) in [6.45, 7) is 9.12. The quantitative estimate of drug-likeness (QED) is 0.238. The van der Waals surface area contributed by atoms with Crippen LogP contribution >= 0.6 is 11.3 Å². The van der Waals surface area contributed by atoms with Crippen molar-refractivity contribution >= 4 is 43.5 Å². The number of morpholine rings is 1. The predicted molar refractivity (Wildman–Crippen MR) is 160 cm³/mol. The number of amides is 1. The van der Waals surface area contributed by atoms with Crippen LogP contribution < -0.4 is 4.90 Å². The fourth-order valence-electron chi connectivity index (χ4n) is 5.15. The van der Waals surface area contributed by atoms with Crippen molar-refractivity contribution in [3.05, 3.63) is 89.5 Å². The average Bonchev–Trinajstić information content (AvgIpc) is 3.42. The SMILES string of the molecule is Cc1ccc2sc(N(CCCN3CCOCC3)C(=O)c3cc(-c4ccccc4)nc4ccccc34)nc2c1C. The standard InChI is InChI=1S/C32H32N4O2S/c1-22-13-14-29-30(23(22)2)34-32(39-29)36(16-8-15-35-17-19-38-20-18-35)31(37)26-21-28(24-9-4-3-5-10-24)33-27-12-7-6-11-25(26)27/h3-7,9-14,21H,8,15-20H2,1-2H3. The highest BCUT2D eigenvalue weighted by molar-refractivity contribution is 7.22. The van der Waals surface area contributed by atoms with Gasteiger partial charge in [-0.2, -0.15) is 0 Å². The summed E-state index contributed by atoms with van der Waals surface area (Å²) in [6, 6.07) is 24.1. The Bertz CT molecular complexity index is 1630. The molecule has 0 aliphatic carbocycles. The van der Waals surface area contributed by atoms with Gasteiger partial charge in [-0.15, -0.1) is 0 Å². The lowest BCUT2D eigenvalue weighted by Crippen LogP contribution is -2.39. The molecule has 0 unspecified atom stereocenters. The predicted octanol–water partition coefficient (Wildman–Crippen LogP) is 6.50. The Morgan fingerprint density at radius 1 is 0.974 bits per heavy atom. The van der Waals surface area contributed by atoms with Gasteiger partial charge in [-0.05, 0) is 49.6 Å². The summed E-state index contributed by atoms with van der Waals surface area (Å²) in [5, 5.41) is 1.60. The van der Waals surface area contributed by atoms with E-state index in [-0.39, 0.29) is 5.91 Å². The van der Waals surface area contributed by atoms with E-state index in [0.29, 0.717) is 12.1 Å². The Balaban J connectivity index is 1.41. The van der Waals surface area contributed by atoms with Crippen molar-refractivity contribution in [3.63, 3.8) is 0 Å². The largest absolute Gasteiger partial charge is 0.379 e. The summed E-state index contributed by atoms with van der Waals surface area (Å²) in [4.78, 5) is 28.7. The van der Waals surface area contributed by atoms with E-state index < -0.39 is 0 Å². The number of carbonyl (C=O) groups excluding carboxylic acids is 1. The number of thiazole rings is 1. The van der Waals surface area contributed by atoms with Crippen LogP contribution in [-0.4, -0.2) is 60.2 Å². The number of carbonyl (C=O) groups is 1. The molecule has 1 amide bonds. The van der Waals surface area contributed by atoms with Gasteiger partial charge in [0.25, 0.3) is 5.91 Å². The van der Waals surface area contributed by atoms with Crippen molar-refractivity contribution in [1.29, 1.82) is 0 Å². The van der Waals surface area contributed by atoms with Crippen LogP contribution in [0, 0.1) is 13.8 Å². The molecule has 3 aromatic carbocycles. The zero-order chi connectivity index (χ0) is 26.8. The molecule has 0 N–H and O–H groups in total. The van der Waals surface area contributed by atoms with Crippen molar-refractivity contribution < 1.29 is 9.53 Å². The lowest BCUT2D eigenvalue weighted by atomic mass is 10.0. The van der Waals surface area contributed by atoms with Crippen LogP contribution in [0.3, 0.4) is 0 Å². The highest BCUT2D eigenvalue weighted by Gasteiger charge is 2.25. The second-order valence-corrected chi connectivity index (χ2v) is 11.1. The highest BCUT2D eigenvalue weighted by Crippen LogP contribution is 2.34. The summed E-state index contributed by atoms with van der Waals surface area (Å²) in [5.74, 6) is -0.0406. The van der Waals surface area contributed by atoms with Gasteiger partial charge in [0.2, 0.25) is 0 Å². The number of aromatic nitrogens is 2. The fraction of sp³-hybridized carbons (Fsp3) is 0.281. The maximum absolute atomic E-state index is 14.5. The van der Waals surface area contributed by atoms with E-state index in [4.69, 9.17) is 14.7 Å². The van der Waals surface area contributed by atoms with Gasteiger partial charge in [0.1, 0.15) is 0 Å². The zero-order valence-corrected chi connectivity index (χ0v) is 23.2. The molecule has 0 atom stereocenters. The van der Waals surface area contributed by atoms with Gasteiger partial charge in [-0.3, -0.25) is 14.6 Å². The molecule has 1 fully saturated rings. The number of hydrogen-bond donors (Lipinski definition) is 0. The van der Waals surface area contributed by atoms with Crippen LogP contribution in [0.4, 0.5) is 5.13 Å². The zero-order valence-electron chi connectivity index (χ0n) is 22.4. The van der Waals surface area contributed by atoms with Crippen molar-refractivity contribution in [3.8, 4) is 11.3 Å². The maximum Gasteiger partial charge on any atom is 0.260 e. The molecule has 3 heterocycles. The van der Waals surface area contributed by atoms with Gasteiger partial charge in [0.05, 0.1) is 40.2 Å². The van der Waals surface area contributed by atoms with Gasteiger partial charge in [-0.1, -0.05) is 65.9 Å². The third-order valence-electron chi connectivity index (χ3n) is 7.53. The van der Waals surface area contributed by atoms with E-state index >= 15 is 0 Å². The number of ether oxygens (including phenoxy) is 1. The maximum atomic E-state index is 14.5. The topological polar surface area (TPSA) is 58.6 Å². The van der Waals surface area contributed by atoms with Crippen molar-refractivity contribution in [2.24, 2.45) is 0 Å². The molecule has 5 aromatic rings. The van der Waals surface area contributed by atoms with Crippen LogP contribution in [0.15, 0.2) is 72.8 Å². The fourth-order valence-corrected chi connectivity index (χ4v) is 6.20. The van der Waals surface area contributed by atoms with Crippen LogP contribution in [0.25, 0.3) is 32.4 Å². The molecule has 0 bridgehead atoms. The molecule has 1 aliphatic heterocycles. The molecule has 2 aromatic heterocycles. The third kappa shape index (κ3) is 5.30. The van der Waals surface area contributed by atoms with E-state index in [1.54, 1.807) is 11.3 Å². The number of fused-ring (bicyclic) bond motifs is 2. The number of para-hydroxylation sites is 1. The molecule has 1 aliphatic rings. The molecule has 7 heteroatoms. The molecule has 0 saturated carbocycles. The number of anilines is 1. The van der Waals surface area contributed by atoms with Crippen LogP contribution in [0.1, 0.15) is 27.9 Å². The monoisotopic (exact) mass is 536 g/mol. The van der Waals surface area contributed by atoms with Crippen LogP contribution in [-0.2, 0) is 4.74 Å². The summed E-state index contributed by atoms with van der Waals surface area (Å²) in [6.07, 6.45) is 0.855. The normalized spacial score (nSPS) is 14.2. The average molecular weight is 537 g/mol. The Morgan fingerprint density at radius 2 is 1.74 bits per heavy atom. The molecule has 0 spiro atoms. The molecular weight excluding hydrogens is 504 g/mol. The number of aryl methyl sites for hydroxylation is 2. The van der Waals surface area contributed by atoms with Gasteiger partial charge in [-0.25, -0.2) is 9.97 Å². The number of nitrogens with zero attached hydrogens (tertiary/aromatic N) is 4. The first-order valence-electron chi connectivity index (χ1n) is 13.5. The lowest BCUT2D eigenvalue weighted by molar-refractivity contribution is 0.0376. The molecule has 0 radical (unpaired) electrons. The van der Waals surface area contributed by atoms with E-state index in [0.717, 1.165) is 82.3 Å². The van der Waals surface area contributed by atoms with Crippen molar-refractivity contribution in [1.82, 2.24) is 14.9 Å². The second kappa shape index (κ2) is 11.2. The first kappa shape index (κ1) is 25.6.